The minimum absolute atomic E-state index is 0. The Morgan fingerprint density at radius 1 is 1.15 bits per heavy atom. The largest absolute Gasteiger partial charge is 1.00 e. The zero-order chi connectivity index (χ0) is 27.8. The summed E-state index contributed by atoms with van der Waals surface area (Å²) in [5.74, 6) is -2.23. The second-order valence-electron chi connectivity index (χ2n) is 10.4. The van der Waals surface area contributed by atoms with Crippen LogP contribution in [0.5, 0.6) is 0 Å². The van der Waals surface area contributed by atoms with Gasteiger partial charge in [0, 0.05) is 41.4 Å². The molecule has 4 rings (SSSR count). The van der Waals surface area contributed by atoms with Gasteiger partial charge in [-0.05, 0) is 69.6 Å². The van der Waals surface area contributed by atoms with E-state index in [0.29, 0.717) is 21.8 Å². The number of carbonyl (C=O) groups excluding carboxylic acids is 2. The number of nitrogens with zero attached hydrogens (tertiary/aromatic N) is 2. The van der Waals surface area contributed by atoms with Crippen LogP contribution in [0.15, 0.2) is 33.3 Å². The maximum Gasteiger partial charge on any atom is 1.00 e. The van der Waals surface area contributed by atoms with Crippen molar-refractivity contribution >= 4 is 23.4 Å². The van der Waals surface area contributed by atoms with Crippen molar-refractivity contribution in [1.82, 2.24) is 10.3 Å². The molecule has 1 saturated carbocycles. The van der Waals surface area contributed by atoms with Crippen LogP contribution in [0.4, 0.5) is 13.2 Å². The van der Waals surface area contributed by atoms with Gasteiger partial charge >= 0.3 is 35.7 Å². The number of carboxylic acids is 1. The predicted molar refractivity (Wildman–Crippen MR) is 130 cm³/mol. The van der Waals surface area contributed by atoms with Gasteiger partial charge in [-0.2, -0.15) is 13.2 Å². The molecule has 0 radical (unpaired) electrons. The molecule has 0 amide bonds. The molecule has 1 aromatic carbocycles. The molecule has 204 valence electrons. The Bertz CT molecular complexity index is 1350. The monoisotopic (exact) mass is 574 g/mol. The SMILES string of the molecule is Cc1ccc(CC(=O)C[C@H](CCC(=O)[O-])c2noc(-c3cc(C(C)(C)C(F)(F)F)on3)c2C2CC2)c(Cl)c1.[Na+]. The molecule has 0 spiro atoms. The third-order valence-corrected chi connectivity index (χ3v) is 7.31. The number of carbonyl (C=O) groups is 2. The van der Waals surface area contributed by atoms with Crippen LogP contribution in [0.1, 0.15) is 85.9 Å². The summed E-state index contributed by atoms with van der Waals surface area (Å²) in [7, 11) is 0. The number of ketones is 1. The van der Waals surface area contributed by atoms with Crippen molar-refractivity contribution in [3.63, 3.8) is 0 Å². The first-order valence-corrected chi connectivity index (χ1v) is 12.7. The summed E-state index contributed by atoms with van der Waals surface area (Å²) in [5.41, 5.74) is 0.436. The van der Waals surface area contributed by atoms with Crippen LogP contribution in [-0.2, 0) is 21.4 Å². The Hall–Kier alpha value is -2.14. The van der Waals surface area contributed by atoms with E-state index < -0.39 is 23.5 Å². The number of rotatable bonds is 11. The number of aryl methyl sites for hydroxylation is 1. The number of benzene rings is 1. The van der Waals surface area contributed by atoms with Crippen LogP contribution < -0.4 is 34.7 Å². The fourth-order valence-electron chi connectivity index (χ4n) is 4.35. The van der Waals surface area contributed by atoms with Crippen LogP contribution in [0.3, 0.4) is 0 Å². The van der Waals surface area contributed by atoms with Gasteiger partial charge in [-0.25, -0.2) is 0 Å². The summed E-state index contributed by atoms with van der Waals surface area (Å²) < 4.78 is 51.2. The number of aliphatic carboxylic acids is 1. The first kappa shape index (κ1) is 31.4. The van der Waals surface area contributed by atoms with E-state index in [4.69, 9.17) is 20.6 Å². The zero-order valence-electron chi connectivity index (χ0n) is 22.2. The number of hydrogen-bond acceptors (Lipinski definition) is 7. The minimum atomic E-state index is -4.56. The van der Waals surface area contributed by atoms with Gasteiger partial charge < -0.3 is 18.9 Å². The van der Waals surface area contributed by atoms with Crippen molar-refractivity contribution in [3.8, 4) is 11.5 Å². The van der Waals surface area contributed by atoms with Crippen LogP contribution >= 0.6 is 11.6 Å². The van der Waals surface area contributed by atoms with Gasteiger partial charge in [-0.3, -0.25) is 4.79 Å². The molecule has 2 heterocycles. The maximum absolute atomic E-state index is 13.5. The van der Waals surface area contributed by atoms with Crippen molar-refractivity contribution in [3.05, 3.63) is 57.4 Å². The molecule has 0 unspecified atom stereocenters. The average Bonchev–Trinajstić information content (AvgIpc) is 3.35. The Kier molecular flexibility index (Phi) is 9.79. The van der Waals surface area contributed by atoms with Gasteiger partial charge in [0.1, 0.15) is 11.2 Å². The van der Waals surface area contributed by atoms with Crippen molar-refractivity contribution < 1.29 is 66.5 Å². The van der Waals surface area contributed by atoms with E-state index >= 15 is 0 Å². The molecule has 0 bridgehead atoms. The fourth-order valence-corrected chi connectivity index (χ4v) is 4.66. The number of alkyl halides is 3. The first-order valence-electron chi connectivity index (χ1n) is 12.3. The van der Waals surface area contributed by atoms with E-state index in [0.717, 1.165) is 32.3 Å². The van der Waals surface area contributed by atoms with Crippen molar-refractivity contribution in [2.24, 2.45) is 0 Å². The van der Waals surface area contributed by atoms with Crippen molar-refractivity contribution in [2.45, 2.75) is 82.7 Å². The predicted octanol–water partition coefficient (Wildman–Crippen LogP) is 2.83. The quantitative estimate of drug-likeness (QED) is 0.324. The minimum Gasteiger partial charge on any atom is -0.550 e. The molecule has 7 nitrogen and oxygen atoms in total. The molecule has 3 aromatic rings. The Morgan fingerprint density at radius 2 is 1.85 bits per heavy atom. The van der Waals surface area contributed by atoms with Crippen LogP contribution in [0, 0.1) is 6.92 Å². The Balaban J connectivity index is 0.00000420. The van der Waals surface area contributed by atoms with Gasteiger partial charge in [-0.1, -0.05) is 34.0 Å². The van der Waals surface area contributed by atoms with E-state index in [1.54, 1.807) is 12.1 Å². The summed E-state index contributed by atoms with van der Waals surface area (Å²) in [6.45, 7) is 3.87. The molecule has 1 aliphatic carbocycles. The Morgan fingerprint density at radius 3 is 2.44 bits per heavy atom. The van der Waals surface area contributed by atoms with E-state index in [1.165, 1.54) is 6.07 Å². The number of halogens is 4. The molecule has 12 heteroatoms. The number of aromatic nitrogens is 2. The Labute approximate surface area is 250 Å². The molecule has 1 atom stereocenters. The molecule has 2 aromatic heterocycles. The molecule has 39 heavy (non-hydrogen) atoms. The maximum atomic E-state index is 13.5. The summed E-state index contributed by atoms with van der Waals surface area (Å²) in [4.78, 5) is 24.3. The zero-order valence-corrected chi connectivity index (χ0v) is 24.9. The molecule has 0 aliphatic heterocycles. The van der Waals surface area contributed by atoms with Crippen LogP contribution in [0.2, 0.25) is 5.02 Å². The topological polar surface area (TPSA) is 109 Å². The van der Waals surface area contributed by atoms with Gasteiger partial charge in [0.2, 0.25) is 0 Å². The first-order chi connectivity index (χ1) is 17.8. The number of hydrogen-bond donors (Lipinski definition) is 0. The standard InChI is InChI=1S/C27H28ClF3N2O5.Na/c1-14-4-5-16(19(28)10-14)11-18(34)12-17(8-9-22(35)36)24-23(15-6-7-15)25(38-33-24)20-13-21(37-32-20)26(2,3)27(29,30)31;/h4-5,10,13,15,17H,6-9,11-12H2,1-3H3,(H,35,36);/q;+1/p-1/t17-;/m0./s1. The molecular formula is C27H27ClF3N2NaO5. The van der Waals surface area contributed by atoms with E-state index in [1.807, 2.05) is 13.0 Å². The van der Waals surface area contributed by atoms with Crippen molar-refractivity contribution in [1.29, 1.82) is 0 Å². The summed E-state index contributed by atoms with van der Waals surface area (Å²) in [6.07, 6.45) is -3.17. The summed E-state index contributed by atoms with van der Waals surface area (Å²) in [5, 5.41) is 19.7. The van der Waals surface area contributed by atoms with Gasteiger partial charge in [-0.15, -0.1) is 0 Å². The fraction of sp³-hybridized carbons (Fsp3) is 0.481. The second kappa shape index (κ2) is 12.2. The van der Waals surface area contributed by atoms with Crippen molar-refractivity contribution in [2.75, 3.05) is 0 Å². The van der Waals surface area contributed by atoms with E-state index in [-0.39, 0.29) is 84.2 Å². The second-order valence-corrected chi connectivity index (χ2v) is 10.8. The smallest absolute Gasteiger partial charge is 0.550 e. The normalized spacial score (nSPS) is 14.6. The summed E-state index contributed by atoms with van der Waals surface area (Å²) >= 11 is 6.29. The summed E-state index contributed by atoms with van der Waals surface area (Å²) in [6, 6.07) is 6.58. The average molecular weight is 575 g/mol. The third-order valence-electron chi connectivity index (χ3n) is 6.96. The van der Waals surface area contributed by atoms with Gasteiger partial charge in [0.15, 0.2) is 17.2 Å². The van der Waals surface area contributed by atoms with E-state index in [9.17, 15) is 27.9 Å². The number of carboxylic acid groups (broad SMARTS) is 1. The molecule has 0 saturated heterocycles. The van der Waals surface area contributed by atoms with Gasteiger partial charge in [0.05, 0.1) is 5.69 Å². The molecule has 1 fully saturated rings. The number of Topliss-reactive ketones (excluding diaryl/α,β-unsaturated/α-hetero) is 1. The molecule has 1 aliphatic rings. The van der Waals surface area contributed by atoms with E-state index in [2.05, 4.69) is 10.3 Å². The van der Waals surface area contributed by atoms with Crippen LogP contribution in [0.25, 0.3) is 11.5 Å². The molecular weight excluding hydrogens is 548 g/mol. The van der Waals surface area contributed by atoms with Crippen LogP contribution in [-0.4, -0.2) is 28.2 Å². The molecule has 0 N–H and O–H groups in total. The third kappa shape index (κ3) is 7.14. The van der Waals surface area contributed by atoms with Gasteiger partial charge in [0.25, 0.3) is 0 Å².